The lowest BCUT2D eigenvalue weighted by molar-refractivity contribution is -0.122. The number of hydrogen-bond acceptors (Lipinski definition) is 3. The standard InChI is InChI=1S/C14H18FNO3S/c1-10-2-3-11(6-13(10)15)8-16-14(17)7-12-4-5-20(18,19)9-12/h2-3,6,12H,4-5,7-9H2,1H3,(H,16,17). The number of nitrogens with one attached hydrogen (secondary N) is 1. The SMILES string of the molecule is Cc1ccc(CNC(=O)CC2CCS(=O)(=O)C2)cc1F. The predicted octanol–water partition coefficient (Wildman–Crippen LogP) is 1.58. The maximum atomic E-state index is 13.3. The first kappa shape index (κ1) is 15.0. The van der Waals surface area contributed by atoms with Gasteiger partial charge in [-0.3, -0.25) is 4.79 Å². The van der Waals surface area contributed by atoms with E-state index < -0.39 is 9.84 Å². The minimum atomic E-state index is -2.95. The molecule has 1 atom stereocenters. The second kappa shape index (κ2) is 5.91. The number of carbonyl (C=O) groups is 1. The van der Waals surface area contributed by atoms with Crippen LogP contribution in [-0.4, -0.2) is 25.8 Å². The molecule has 1 N–H and O–H groups in total. The molecule has 1 unspecified atom stereocenters. The first-order chi connectivity index (χ1) is 9.35. The average Bonchev–Trinajstić information content (AvgIpc) is 2.70. The molecule has 20 heavy (non-hydrogen) atoms. The molecule has 1 fully saturated rings. The summed E-state index contributed by atoms with van der Waals surface area (Å²) in [5, 5.41) is 2.70. The maximum absolute atomic E-state index is 13.3. The zero-order valence-corrected chi connectivity index (χ0v) is 12.2. The van der Waals surface area contributed by atoms with Gasteiger partial charge in [0.2, 0.25) is 5.91 Å². The predicted molar refractivity (Wildman–Crippen MR) is 74.4 cm³/mol. The first-order valence-electron chi connectivity index (χ1n) is 6.58. The van der Waals surface area contributed by atoms with Crippen molar-refractivity contribution in [2.75, 3.05) is 11.5 Å². The van der Waals surface area contributed by atoms with Gasteiger partial charge in [-0.1, -0.05) is 12.1 Å². The van der Waals surface area contributed by atoms with Crippen LogP contribution in [0.2, 0.25) is 0 Å². The van der Waals surface area contributed by atoms with Gasteiger partial charge in [-0.2, -0.15) is 0 Å². The highest BCUT2D eigenvalue weighted by molar-refractivity contribution is 7.91. The summed E-state index contributed by atoms with van der Waals surface area (Å²) < 4.78 is 35.9. The van der Waals surface area contributed by atoms with Crippen LogP contribution >= 0.6 is 0 Å². The average molecular weight is 299 g/mol. The molecule has 6 heteroatoms. The van der Waals surface area contributed by atoms with Crippen LogP contribution in [0, 0.1) is 18.7 Å². The maximum Gasteiger partial charge on any atom is 0.220 e. The van der Waals surface area contributed by atoms with Crippen molar-refractivity contribution in [2.24, 2.45) is 5.92 Å². The fraction of sp³-hybridized carbons (Fsp3) is 0.500. The van der Waals surface area contributed by atoms with Crippen LogP contribution in [0.25, 0.3) is 0 Å². The monoisotopic (exact) mass is 299 g/mol. The van der Waals surface area contributed by atoms with Gasteiger partial charge in [0.15, 0.2) is 9.84 Å². The van der Waals surface area contributed by atoms with E-state index in [1.807, 2.05) is 0 Å². The van der Waals surface area contributed by atoms with Crippen molar-refractivity contribution >= 4 is 15.7 Å². The molecule has 1 saturated heterocycles. The Morgan fingerprint density at radius 1 is 1.45 bits per heavy atom. The van der Waals surface area contributed by atoms with Crippen LogP contribution in [-0.2, 0) is 21.2 Å². The minimum absolute atomic E-state index is 0.0882. The molecule has 0 bridgehead atoms. The highest BCUT2D eigenvalue weighted by atomic mass is 32.2. The molecule has 1 aliphatic heterocycles. The number of sulfone groups is 1. The molecule has 0 spiro atoms. The summed E-state index contributed by atoms with van der Waals surface area (Å²) in [4.78, 5) is 11.7. The second-order valence-corrected chi connectivity index (χ2v) is 7.56. The Morgan fingerprint density at radius 3 is 2.80 bits per heavy atom. The van der Waals surface area contributed by atoms with Crippen molar-refractivity contribution in [3.63, 3.8) is 0 Å². The lowest BCUT2D eigenvalue weighted by Gasteiger charge is -2.09. The van der Waals surface area contributed by atoms with E-state index in [1.54, 1.807) is 19.1 Å². The van der Waals surface area contributed by atoms with Gasteiger partial charge in [0.05, 0.1) is 11.5 Å². The number of amides is 1. The normalized spacial score (nSPS) is 20.8. The minimum Gasteiger partial charge on any atom is -0.352 e. The molecular formula is C14H18FNO3S. The van der Waals surface area contributed by atoms with E-state index in [2.05, 4.69) is 5.32 Å². The largest absolute Gasteiger partial charge is 0.352 e. The highest BCUT2D eigenvalue weighted by Crippen LogP contribution is 2.21. The molecule has 1 aromatic rings. The third kappa shape index (κ3) is 4.03. The smallest absolute Gasteiger partial charge is 0.220 e. The third-order valence-corrected chi connectivity index (χ3v) is 5.36. The van der Waals surface area contributed by atoms with Crippen LogP contribution in [0.15, 0.2) is 18.2 Å². The Hall–Kier alpha value is -1.43. The number of carbonyl (C=O) groups excluding carboxylic acids is 1. The van der Waals surface area contributed by atoms with Crippen LogP contribution in [0.1, 0.15) is 24.0 Å². The second-order valence-electron chi connectivity index (χ2n) is 5.33. The third-order valence-electron chi connectivity index (χ3n) is 3.53. The summed E-state index contributed by atoms with van der Waals surface area (Å²) >= 11 is 0. The Labute approximate surface area is 118 Å². The number of benzene rings is 1. The van der Waals surface area contributed by atoms with Crippen LogP contribution in [0.5, 0.6) is 0 Å². The molecule has 0 aromatic heterocycles. The molecule has 0 radical (unpaired) electrons. The Balaban J connectivity index is 1.82. The zero-order chi connectivity index (χ0) is 14.8. The van der Waals surface area contributed by atoms with Gasteiger partial charge in [-0.15, -0.1) is 0 Å². The van der Waals surface area contributed by atoms with Gasteiger partial charge in [-0.05, 0) is 36.5 Å². The molecule has 1 amide bonds. The van der Waals surface area contributed by atoms with Crippen molar-refractivity contribution in [1.82, 2.24) is 5.32 Å². The van der Waals surface area contributed by atoms with E-state index in [0.29, 0.717) is 17.5 Å². The summed E-state index contributed by atoms with van der Waals surface area (Å²) in [6.07, 6.45) is 0.766. The first-order valence-corrected chi connectivity index (χ1v) is 8.40. The van der Waals surface area contributed by atoms with Gasteiger partial charge < -0.3 is 5.32 Å². The lowest BCUT2D eigenvalue weighted by Crippen LogP contribution is -2.25. The topological polar surface area (TPSA) is 63.2 Å². The molecular weight excluding hydrogens is 281 g/mol. The van der Waals surface area contributed by atoms with E-state index in [4.69, 9.17) is 0 Å². The van der Waals surface area contributed by atoms with Gasteiger partial charge in [0, 0.05) is 13.0 Å². The molecule has 4 nitrogen and oxygen atoms in total. The van der Waals surface area contributed by atoms with E-state index >= 15 is 0 Å². The molecule has 2 rings (SSSR count). The van der Waals surface area contributed by atoms with E-state index in [-0.39, 0.29) is 42.1 Å². The van der Waals surface area contributed by atoms with E-state index in [1.165, 1.54) is 6.07 Å². The van der Waals surface area contributed by atoms with E-state index in [0.717, 1.165) is 0 Å². The number of aryl methyl sites for hydroxylation is 1. The van der Waals surface area contributed by atoms with Crippen molar-refractivity contribution < 1.29 is 17.6 Å². The van der Waals surface area contributed by atoms with Gasteiger partial charge >= 0.3 is 0 Å². The van der Waals surface area contributed by atoms with Crippen molar-refractivity contribution in [1.29, 1.82) is 0 Å². The molecule has 1 aliphatic rings. The van der Waals surface area contributed by atoms with E-state index in [9.17, 15) is 17.6 Å². The Bertz CT molecular complexity index is 613. The molecule has 1 heterocycles. The fourth-order valence-electron chi connectivity index (χ4n) is 2.31. The summed E-state index contributed by atoms with van der Waals surface area (Å²) in [6, 6.07) is 4.83. The number of hydrogen-bond donors (Lipinski definition) is 1. The molecule has 1 aromatic carbocycles. The van der Waals surface area contributed by atoms with Crippen LogP contribution < -0.4 is 5.32 Å². The lowest BCUT2D eigenvalue weighted by atomic mass is 10.0. The number of halogens is 1. The quantitative estimate of drug-likeness (QED) is 0.918. The fourth-order valence-corrected chi connectivity index (χ4v) is 4.18. The number of rotatable bonds is 4. The molecule has 0 aliphatic carbocycles. The summed E-state index contributed by atoms with van der Waals surface area (Å²) in [5.74, 6) is -0.297. The van der Waals surface area contributed by atoms with Crippen LogP contribution in [0.4, 0.5) is 4.39 Å². The Morgan fingerprint density at radius 2 is 2.20 bits per heavy atom. The summed E-state index contributed by atoms with van der Waals surface area (Å²) in [7, 11) is -2.95. The molecule has 110 valence electrons. The van der Waals surface area contributed by atoms with Crippen LogP contribution in [0.3, 0.4) is 0 Å². The summed E-state index contributed by atoms with van der Waals surface area (Å²) in [5.41, 5.74) is 1.26. The summed E-state index contributed by atoms with van der Waals surface area (Å²) in [6.45, 7) is 1.94. The van der Waals surface area contributed by atoms with Crippen molar-refractivity contribution in [3.05, 3.63) is 35.1 Å². The highest BCUT2D eigenvalue weighted by Gasteiger charge is 2.29. The van der Waals surface area contributed by atoms with Gasteiger partial charge in [0.1, 0.15) is 5.82 Å². The molecule has 0 saturated carbocycles. The van der Waals surface area contributed by atoms with Crippen molar-refractivity contribution in [3.8, 4) is 0 Å². The van der Waals surface area contributed by atoms with Gasteiger partial charge in [0.25, 0.3) is 0 Å². The van der Waals surface area contributed by atoms with Gasteiger partial charge in [-0.25, -0.2) is 12.8 Å². The van der Waals surface area contributed by atoms with Crippen molar-refractivity contribution in [2.45, 2.75) is 26.3 Å². The Kier molecular flexibility index (Phi) is 4.42. The zero-order valence-electron chi connectivity index (χ0n) is 11.4.